The van der Waals surface area contributed by atoms with E-state index < -0.39 is 5.60 Å². The van der Waals surface area contributed by atoms with Gasteiger partial charge in [-0.1, -0.05) is 19.1 Å². The van der Waals surface area contributed by atoms with Crippen molar-refractivity contribution in [1.82, 2.24) is 9.55 Å². The third-order valence-corrected chi connectivity index (χ3v) is 3.04. The molecule has 0 radical (unpaired) electrons. The normalized spacial score (nSPS) is 14.4. The molecule has 0 aliphatic heterocycles. The lowest BCUT2D eigenvalue weighted by Gasteiger charge is -2.24. The van der Waals surface area contributed by atoms with Crippen molar-refractivity contribution in [2.24, 2.45) is 0 Å². The van der Waals surface area contributed by atoms with E-state index in [-0.39, 0.29) is 5.75 Å². The Labute approximate surface area is 107 Å². The third-order valence-electron chi connectivity index (χ3n) is 3.04. The molecule has 0 aliphatic rings. The van der Waals surface area contributed by atoms with E-state index in [1.165, 1.54) is 0 Å². The van der Waals surface area contributed by atoms with Crippen LogP contribution in [-0.2, 0) is 12.1 Å². The Bertz CT molecular complexity index is 515. The molecule has 2 N–H and O–H groups in total. The Kier molecular flexibility index (Phi) is 3.39. The molecule has 0 bridgehead atoms. The zero-order valence-corrected chi connectivity index (χ0v) is 10.7. The van der Waals surface area contributed by atoms with E-state index in [1.54, 1.807) is 37.4 Å². The van der Waals surface area contributed by atoms with E-state index in [2.05, 4.69) is 11.9 Å². The summed E-state index contributed by atoms with van der Waals surface area (Å²) in [5, 5.41) is 20.0. The number of hydrogen-bond acceptors (Lipinski definition) is 3. The van der Waals surface area contributed by atoms with Crippen molar-refractivity contribution < 1.29 is 10.2 Å². The van der Waals surface area contributed by atoms with Gasteiger partial charge in [0.2, 0.25) is 0 Å². The minimum Gasteiger partial charge on any atom is -0.508 e. The second-order valence-electron chi connectivity index (χ2n) is 4.56. The summed E-state index contributed by atoms with van der Waals surface area (Å²) in [6.07, 6.45) is 4.54. The van der Waals surface area contributed by atoms with Crippen LogP contribution in [0.15, 0.2) is 36.7 Å². The van der Waals surface area contributed by atoms with Crippen LogP contribution in [-0.4, -0.2) is 19.8 Å². The molecule has 0 aliphatic carbocycles. The van der Waals surface area contributed by atoms with Crippen molar-refractivity contribution >= 4 is 0 Å². The van der Waals surface area contributed by atoms with Gasteiger partial charge in [0.15, 0.2) is 0 Å². The quantitative estimate of drug-likeness (QED) is 0.870. The van der Waals surface area contributed by atoms with E-state index in [0.717, 1.165) is 13.0 Å². The first-order valence-corrected chi connectivity index (χ1v) is 6.09. The summed E-state index contributed by atoms with van der Waals surface area (Å²) in [5.41, 5.74) is -0.448. The van der Waals surface area contributed by atoms with Crippen LogP contribution < -0.4 is 0 Å². The molecule has 0 spiro atoms. The number of imidazole rings is 1. The lowest BCUT2D eigenvalue weighted by Crippen LogP contribution is -2.27. The molecule has 1 heterocycles. The van der Waals surface area contributed by atoms with Crippen LogP contribution in [0.5, 0.6) is 5.75 Å². The summed E-state index contributed by atoms with van der Waals surface area (Å²) in [4.78, 5) is 4.26. The fourth-order valence-electron chi connectivity index (χ4n) is 2.07. The van der Waals surface area contributed by atoms with Gasteiger partial charge in [0.05, 0.1) is 0 Å². The molecule has 4 heteroatoms. The Hall–Kier alpha value is -1.81. The molecule has 1 unspecified atom stereocenters. The van der Waals surface area contributed by atoms with E-state index >= 15 is 0 Å². The minimum absolute atomic E-state index is 0.187. The second-order valence-corrected chi connectivity index (χ2v) is 4.56. The Morgan fingerprint density at radius 3 is 2.56 bits per heavy atom. The van der Waals surface area contributed by atoms with E-state index in [9.17, 15) is 10.2 Å². The summed E-state index contributed by atoms with van der Waals surface area (Å²) in [5.74, 6) is 0.807. The third kappa shape index (κ3) is 2.24. The Balaban J connectivity index is 2.40. The number of aryl methyl sites for hydroxylation is 1. The van der Waals surface area contributed by atoms with Crippen LogP contribution in [0.4, 0.5) is 0 Å². The lowest BCUT2D eigenvalue weighted by molar-refractivity contribution is 0.0878. The fourth-order valence-corrected chi connectivity index (χ4v) is 2.07. The predicted octanol–water partition coefficient (Wildman–Crippen LogP) is 2.25. The summed E-state index contributed by atoms with van der Waals surface area (Å²) >= 11 is 0. The number of phenolic OH excluding ortho intramolecular Hbond substituents is 1. The average molecular weight is 246 g/mol. The highest BCUT2D eigenvalue weighted by atomic mass is 16.3. The van der Waals surface area contributed by atoms with Crippen LogP contribution in [0.3, 0.4) is 0 Å². The minimum atomic E-state index is -1.16. The number of phenols is 1. The number of nitrogens with zero attached hydrogens (tertiary/aromatic N) is 2. The van der Waals surface area contributed by atoms with Gasteiger partial charge in [0.25, 0.3) is 0 Å². The topological polar surface area (TPSA) is 58.3 Å². The van der Waals surface area contributed by atoms with Gasteiger partial charge in [0, 0.05) is 18.9 Å². The van der Waals surface area contributed by atoms with Crippen molar-refractivity contribution in [3.63, 3.8) is 0 Å². The maximum Gasteiger partial charge on any atom is 0.145 e. The average Bonchev–Trinajstić information content (AvgIpc) is 2.79. The molecule has 0 amide bonds. The number of hydrogen-bond donors (Lipinski definition) is 2. The highest BCUT2D eigenvalue weighted by Crippen LogP contribution is 2.29. The molecule has 0 fully saturated rings. The number of aromatic hydroxyl groups is 1. The molecule has 1 aromatic carbocycles. The Morgan fingerprint density at radius 1 is 1.28 bits per heavy atom. The van der Waals surface area contributed by atoms with Crippen molar-refractivity contribution in [2.75, 3.05) is 0 Å². The van der Waals surface area contributed by atoms with Crippen molar-refractivity contribution in [1.29, 1.82) is 0 Å². The van der Waals surface area contributed by atoms with Crippen molar-refractivity contribution in [3.8, 4) is 5.75 Å². The zero-order chi connectivity index (χ0) is 13.2. The first kappa shape index (κ1) is 12.6. The summed E-state index contributed by atoms with van der Waals surface area (Å²) in [6, 6.07) is 6.55. The highest BCUT2D eigenvalue weighted by molar-refractivity contribution is 5.33. The molecular weight excluding hydrogens is 228 g/mol. The van der Waals surface area contributed by atoms with Crippen LogP contribution in [0, 0.1) is 0 Å². The predicted molar refractivity (Wildman–Crippen MR) is 69.3 cm³/mol. The van der Waals surface area contributed by atoms with Crippen LogP contribution in [0.25, 0.3) is 0 Å². The van der Waals surface area contributed by atoms with Gasteiger partial charge in [-0.25, -0.2) is 4.98 Å². The molecule has 96 valence electrons. The molecular formula is C14H18N2O2. The van der Waals surface area contributed by atoms with Crippen LogP contribution >= 0.6 is 0 Å². The second kappa shape index (κ2) is 4.82. The van der Waals surface area contributed by atoms with Gasteiger partial charge < -0.3 is 14.8 Å². The van der Waals surface area contributed by atoms with Gasteiger partial charge >= 0.3 is 0 Å². The monoisotopic (exact) mass is 246 g/mol. The fraction of sp³-hybridized carbons (Fsp3) is 0.357. The molecule has 1 aromatic heterocycles. The van der Waals surface area contributed by atoms with Gasteiger partial charge in [-0.15, -0.1) is 0 Å². The summed E-state index contributed by atoms with van der Waals surface area (Å²) < 4.78 is 1.95. The van der Waals surface area contributed by atoms with Crippen LogP contribution in [0.1, 0.15) is 31.7 Å². The molecule has 0 saturated heterocycles. The van der Waals surface area contributed by atoms with Gasteiger partial charge in [0.1, 0.15) is 17.2 Å². The highest BCUT2D eigenvalue weighted by Gasteiger charge is 2.30. The van der Waals surface area contributed by atoms with Crippen LogP contribution in [0.2, 0.25) is 0 Å². The van der Waals surface area contributed by atoms with Gasteiger partial charge in [-0.3, -0.25) is 0 Å². The number of aliphatic hydroxyl groups is 1. The summed E-state index contributed by atoms with van der Waals surface area (Å²) in [6.45, 7) is 4.62. The molecule has 0 saturated carbocycles. The standard InChI is InChI=1S/C14H18N2O2/c1-3-9-16-10-8-15-13(16)14(2,18)11-4-6-12(17)7-5-11/h4-8,10,17-18H,3,9H2,1-2H3. The molecule has 2 rings (SSSR count). The number of rotatable bonds is 4. The number of aromatic nitrogens is 2. The van der Waals surface area contributed by atoms with Gasteiger partial charge in [-0.2, -0.15) is 0 Å². The zero-order valence-electron chi connectivity index (χ0n) is 10.7. The first-order valence-electron chi connectivity index (χ1n) is 6.09. The van der Waals surface area contributed by atoms with E-state index in [4.69, 9.17) is 0 Å². The molecule has 18 heavy (non-hydrogen) atoms. The SMILES string of the molecule is CCCn1ccnc1C(C)(O)c1ccc(O)cc1. The molecule has 1 atom stereocenters. The van der Waals surface area contributed by atoms with E-state index in [0.29, 0.717) is 11.4 Å². The smallest absolute Gasteiger partial charge is 0.145 e. The van der Waals surface area contributed by atoms with E-state index in [1.807, 2.05) is 10.8 Å². The van der Waals surface area contributed by atoms with Crippen molar-refractivity contribution in [2.45, 2.75) is 32.4 Å². The maximum absolute atomic E-state index is 10.7. The van der Waals surface area contributed by atoms with Gasteiger partial charge in [-0.05, 0) is 31.0 Å². The van der Waals surface area contributed by atoms with Crippen molar-refractivity contribution in [3.05, 3.63) is 48.0 Å². The Morgan fingerprint density at radius 2 is 1.94 bits per heavy atom. The molecule has 2 aromatic rings. The largest absolute Gasteiger partial charge is 0.508 e. The summed E-state index contributed by atoms with van der Waals surface area (Å²) in [7, 11) is 0. The lowest BCUT2D eigenvalue weighted by atomic mass is 9.95. The molecule has 4 nitrogen and oxygen atoms in total. The number of benzene rings is 1. The first-order chi connectivity index (χ1) is 8.55. The maximum atomic E-state index is 10.7.